The molecule has 20 heavy (non-hydrogen) atoms. The highest BCUT2D eigenvalue weighted by molar-refractivity contribution is 5.58. The molecule has 0 fully saturated rings. The highest BCUT2D eigenvalue weighted by Crippen LogP contribution is 2.22. The quantitative estimate of drug-likeness (QED) is 0.763. The van der Waals surface area contributed by atoms with Crippen molar-refractivity contribution in [1.82, 2.24) is 15.1 Å². The molecule has 0 radical (unpaired) electrons. The number of phenolic OH excluding ortho intramolecular Hbond substituents is 1. The first-order valence-corrected chi connectivity index (χ1v) is 5.76. The van der Waals surface area contributed by atoms with Crippen molar-refractivity contribution in [3.63, 3.8) is 0 Å². The summed E-state index contributed by atoms with van der Waals surface area (Å²) in [6.07, 6.45) is 1.44. The molecule has 0 saturated heterocycles. The van der Waals surface area contributed by atoms with Gasteiger partial charge >= 0.3 is 0 Å². The van der Waals surface area contributed by atoms with E-state index in [1.165, 1.54) is 6.20 Å². The SMILES string of the molecule is N#Cc1ccc(-c2nc(-c3ccc(O)cc3)no2)nc1. The van der Waals surface area contributed by atoms with Crippen LogP contribution in [0, 0.1) is 11.3 Å². The molecule has 2 aromatic heterocycles. The fourth-order valence-electron chi connectivity index (χ4n) is 1.64. The minimum atomic E-state index is 0.172. The molecule has 1 N–H and O–H groups in total. The molecule has 0 spiro atoms. The lowest BCUT2D eigenvalue weighted by atomic mass is 10.2. The van der Waals surface area contributed by atoms with Crippen LogP contribution in [-0.4, -0.2) is 20.2 Å². The molecule has 0 aliphatic rings. The third-order valence-electron chi connectivity index (χ3n) is 2.66. The summed E-state index contributed by atoms with van der Waals surface area (Å²) in [6.45, 7) is 0. The van der Waals surface area contributed by atoms with Crippen LogP contribution in [0.15, 0.2) is 47.1 Å². The Labute approximate surface area is 114 Å². The van der Waals surface area contributed by atoms with E-state index in [9.17, 15) is 5.11 Å². The Bertz CT molecular complexity index is 770. The van der Waals surface area contributed by atoms with Gasteiger partial charge in [-0.15, -0.1) is 0 Å². The second-order valence-corrected chi connectivity index (χ2v) is 4.01. The molecule has 3 aromatic rings. The lowest BCUT2D eigenvalue weighted by molar-refractivity contribution is 0.431. The van der Waals surface area contributed by atoms with Gasteiger partial charge in [0, 0.05) is 11.8 Å². The fraction of sp³-hybridized carbons (Fsp3) is 0. The predicted molar refractivity (Wildman–Crippen MR) is 69.3 cm³/mol. The zero-order valence-corrected chi connectivity index (χ0v) is 10.2. The number of aromatic hydroxyl groups is 1. The maximum absolute atomic E-state index is 9.24. The van der Waals surface area contributed by atoms with Crippen molar-refractivity contribution in [1.29, 1.82) is 5.26 Å². The molecule has 0 aliphatic heterocycles. The van der Waals surface area contributed by atoms with Crippen LogP contribution in [0.2, 0.25) is 0 Å². The molecule has 0 aliphatic carbocycles. The average Bonchev–Trinajstić information content (AvgIpc) is 2.98. The Morgan fingerprint density at radius 3 is 2.55 bits per heavy atom. The van der Waals surface area contributed by atoms with Crippen molar-refractivity contribution in [2.75, 3.05) is 0 Å². The molecule has 96 valence electrons. The smallest absolute Gasteiger partial charge is 0.276 e. The first kappa shape index (κ1) is 11.9. The Morgan fingerprint density at radius 2 is 1.90 bits per heavy atom. The Hall–Kier alpha value is -3.20. The van der Waals surface area contributed by atoms with Crippen LogP contribution in [0.5, 0.6) is 5.75 Å². The van der Waals surface area contributed by atoms with Gasteiger partial charge in [-0.25, -0.2) is 4.98 Å². The second kappa shape index (κ2) is 4.82. The number of hydrogen-bond acceptors (Lipinski definition) is 6. The monoisotopic (exact) mass is 264 g/mol. The summed E-state index contributed by atoms with van der Waals surface area (Å²) in [5.74, 6) is 0.856. The average molecular weight is 264 g/mol. The maximum Gasteiger partial charge on any atom is 0.276 e. The summed E-state index contributed by atoms with van der Waals surface area (Å²) in [5.41, 5.74) is 1.69. The number of aromatic nitrogens is 3. The molecule has 2 heterocycles. The summed E-state index contributed by atoms with van der Waals surface area (Å²) in [5, 5.41) is 21.8. The molecule has 0 bridgehead atoms. The van der Waals surface area contributed by atoms with Crippen molar-refractivity contribution in [2.24, 2.45) is 0 Å². The van der Waals surface area contributed by atoms with Crippen molar-refractivity contribution < 1.29 is 9.63 Å². The van der Waals surface area contributed by atoms with Crippen LogP contribution in [0.25, 0.3) is 23.0 Å². The largest absolute Gasteiger partial charge is 0.508 e. The molecule has 0 atom stereocenters. The van der Waals surface area contributed by atoms with Gasteiger partial charge in [-0.1, -0.05) is 5.16 Å². The third kappa shape index (κ3) is 2.20. The van der Waals surface area contributed by atoms with Crippen molar-refractivity contribution in [2.45, 2.75) is 0 Å². The van der Waals surface area contributed by atoms with Crippen molar-refractivity contribution >= 4 is 0 Å². The number of phenols is 1. The van der Waals surface area contributed by atoms with Gasteiger partial charge in [0.05, 0.1) is 5.56 Å². The van der Waals surface area contributed by atoms with Crippen molar-refractivity contribution in [3.8, 4) is 34.8 Å². The first-order valence-electron chi connectivity index (χ1n) is 5.76. The molecule has 0 saturated carbocycles. The van der Waals surface area contributed by atoms with E-state index in [1.807, 2.05) is 6.07 Å². The van der Waals surface area contributed by atoms with Crippen LogP contribution >= 0.6 is 0 Å². The summed E-state index contributed by atoms with van der Waals surface area (Å²) < 4.78 is 5.14. The standard InChI is InChI=1S/C14H8N4O2/c15-7-9-1-6-12(16-8-9)14-17-13(18-20-14)10-2-4-11(19)5-3-10/h1-6,8,19H. The topological polar surface area (TPSA) is 95.8 Å². The Morgan fingerprint density at radius 1 is 1.10 bits per heavy atom. The highest BCUT2D eigenvalue weighted by Gasteiger charge is 2.11. The van der Waals surface area contributed by atoms with Gasteiger partial charge in [-0.05, 0) is 36.4 Å². The van der Waals surface area contributed by atoms with Gasteiger partial charge in [0.25, 0.3) is 5.89 Å². The van der Waals surface area contributed by atoms with E-state index in [0.717, 1.165) is 5.56 Å². The Balaban J connectivity index is 1.93. The minimum absolute atomic E-state index is 0.172. The maximum atomic E-state index is 9.24. The molecular formula is C14H8N4O2. The van der Waals surface area contributed by atoms with Gasteiger partial charge in [-0.3, -0.25) is 0 Å². The van der Waals surface area contributed by atoms with Crippen LogP contribution in [0.3, 0.4) is 0 Å². The van der Waals surface area contributed by atoms with Crippen molar-refractivity contribution in [3.05, 3.63) is 48.2 Å². The molecule has 6 heteroatoms. The molecule has 3 rings (SSSR count). The number of nitriles is 1. The molecule has 0 amide bonds. The number of nitrogens with zero attached hydrogens (tertiary/aromatic N) is 4. The summed E-state index contributed by atoms with van der Waals surface area (Å²) in [4.78, 5) is 8.31. The van der Waals surface area contributed by atoms with Gasteiger partial charge in [0.2, 0.25) is 5.82 Å². The predicted octanol–water partition coefficient (Wildman–Crippen LogP) is 2.38. The molecular weight excluding hydrogens is 256 g/mol. The number of hydrogen-bond donors (Lipinski definition) is 1. The second-order valence-electron chi connectivity index (χ2n) is 4.01. The van der Waals surface area contributed by atoms with E-state index in [4.69, 9.17) is 9.78 Å². The van der Waals surface area contributed by atoms with E-state index in [2.05, 4.69) is 15.1 Å². The number of pyridine rings is 1. The van der Waals surface area contributed by atoms with E-state index >= 15 is 0 Å². The van der Waals surface area contributed by atoms with Crippen LogP contribution in [0.4, 0.5) is 0 Å². The fourth-order valence-corrected chi connectivity index (χ4v) is 1.64. The Kier molecular flexibility index (Phi) is 2.86. The molecule has 0 unspecified atom stereocenters. The van der Waals surface area contributed by atoms with E-state index < -0.39 is 0 Å². The van der Waals surface area contributed by atoms with Crippen LogP contribution in [0.1, 0.15) is 5.56 Å². The summed E-state index contributed by atoms with van der Waals surface area (Å²) in [7, 11) is 0. The number of benzene rings is 1. The molecule has 6 nitrogen and oxygen atoms in total. The van der Waals surface area contributed by atoms with E-state index in [0.29, 0.717) is 17.1 Å². The van der Waals surface area contributed by atoms with Crippen LogP contribution < -0.4 is 0 Å². The lowest BCUT2D eigenvalue weighted by Crippen LogP contribution is -1.85. The normalized spacial score (nSPS) is 10.2. The van der Waals surface area contributed by atoms with Gasteiger partial charge in [0.1, 0.15) is 17.5 Å². The number of rotatable bonds is 2. The van der Waals surface area contributed by atoms with Gasteiger partial charge < -0.3 is 9.63 Å². The van der Waals surface area contributed by atoms with Crippen LogP contribution in [-0.2, 0) is 0 Å². The minimum Gasteiger partial charge on any atom is -0.508 e. The van der Waals surface area contributed by atoms with E-state index in [-0.39, 0.29) is 11.6 Å². The third-order valence-corrected chi connectivity index (χ3v) is 2.66. The highest BCUT2D eigenvalue weighted by atomic mass is 16.5. The van der Waals surface area contributed by atoms with E-state index in [1.54, 1.807) is 36.4 Å². The molecule has 1 aromatic carbocycles. The summed E-state index contributed by atoms with van der Waals surface area (Å²) in [6, 6.07) is 11.7. The summed E-state index contributed by atoms with van der Waals surface area (Å²) >= 11 is 0. The van der Waals surface area contributed by atoms with Gasteiger partial charge in [0.15, 0.2) is 0 Å². The first-order chi connectivity index (χ1) is 9.76. The zero-order valence-electron chi connectivity index (χ0n) is 10.2. The van der Waals surface area contributed by atoms with Gasteiger partial charge in [-0.2, -0.15) is 10.2 Å². The lowest BCUT2D eigenvalue weighted by Gasteiger charge is -1.94. The zero-order chi connectivity index (χ0) is 13.9.